The highest BCUT2D eigenvalue weighted by Gasteiger charge is 2.47. The van der Waals surface area contributed by atoms with Crippen molar-refractivity contribution in [2.24, 2.45) is 0 Å². The van der Waals surface area contributed by atoms with Gasteiger partial charge >= 0.3 is 6.18 Å². The lowest BCUT2D eigenvalue weighted by Gasteiger charge is -2.33. The average Bonchev–Trinajstić information content (AvgIpc) is 3.41. The summed E-state index contributed by atoms with van der Waals surface area (Å²) in [6.45, 7) is 3.80. The molecule has 33 heavy (non-hydrogen) atoms. The number of amides is 1. The Hall–Kier alpha value is -3.69. The summed E-state index contributed by atoms with van der Waals surface area (Å²) in [6.07, 6.45) is -4.83. The minimum absolute atomic E-state index is 0.0771. The van der Waals surface area contributed by atoms with Crippen molar-refractivity contribution in [2.75, 3.05) is 17.4 Å². The van der Waals surface area contributed by atoms with Crippen LogP contribution in [0, 0.1) is 13.8 Å². The number of hydrogen-bond acceptors (Lipinski definition) is 5. The van der Waals surface area contributed by atoms with Gasteiger partial charge in [-0.3, -0.25) is 4.79 Å². The van der Waals surface area contributed by atoms with Crippen LogP contribution in [-0.2, 0) is 0 Å². The van der Waals surface area contributed by atoms with Crippen LogP contribution in [0.3, 0.4) is 0 Å². The van der Waals surface area contributed by atoms with Crippen molar-refractivity contribution in [3.63, 3.8) is 0 Å². The molecule has 7 nitrogen and oxygen atoms in total. The summed E-state index contributed by atoms with van der Waals surface area (Å²) in [5.41, 5.74) is 2.91. The van der Waals surface area contributed by atoms with Crippen molar-refractivity contribution >= 4 is 17.4 Å². The van der Waals surface area contributed by atoms with Gasteiger partial charge in [0.1, 0.15) is 5.82 Å². The monoisotopic (exact) mass is 458 g/mol. The van der Waals surface area contributed by atoms with E-state index in [2.05, 4.69) is 15.7 Å². The van der Waals surface area contributed by atoms with Gasteiger partial charge in [0.05, 0.1) is 6.04 Å². The van der Waals surface area contributed by atoms with Crippen molar-refractivity contribution in [2.45, 2.75) is 38.5 Å². The molecule has 3 aromatic rings. The number of halogens is 3. The molecular formula is C23H21F3N4O3. The summed E-state index contributed by atoms with van der Waals surface area (Å²) in [4.78, 5) is 12.8. The maximum Gasteiger partial charge on any atom is 0.410 e. The van der Waals surface area contributed by atoms with Crippen LogP contribution in [0.2, 0.25) is 0 Å². The first-order valence-electron chi connectivity index (χ1n) is 10.4. The summed E-state index contributed by atoms with van der Waals surface area (Å²) in [6, 6.07) is 9.45. The quantitative estimate of drug-likeness (QED) is 0.568. The molecule has 10 heteroatoms. The van der Waals surface area contributed by atoms with Crippen molar-refractivity contribution in [3.05, 3.63) is 64.8 Å². The molecule has 0 saturated carbocycles. The topological polar surface area (TPSA) is 77.4 Å². The third-order valence-electron chi connectivity index (χ3n) is 5.86. The number of nitrogens with zero attached hydrogens (tertiary/aromatic N) is 2. The highest BCUT2D eigenvalue weighted by Crippen LogP contribution is 2.45. The number of nitrogens with one attached hydrogen (secondary N) is 2. The Morgan fingerprint density at radius 2 is 1.91 bits per heavy atom. The first-order valence-corrected chi connectivity index (χ1v) is 10.4. The number of hydrogen-bond donors (Lipinski definition) is 2. The lowest BCUT2D eigenvalue weighted by Crippen LogP contribution is -2.35. The molecule has 0 saturated heterocycles. The molecule has 0 bridgehead atoms. The van der Waals surface area contributed by atoms with Gasteiger partial charge in [0.2, 0.25) is 6.79 Å². The maximum atomic E-state index is 13.9. The second-order valence-electron chi connectivity index (χ2n) is 8.23. The SMILES string of the molecule is Cc1ccc(C)c(NC(=O)c2cc3n(n2)[C@H](C(F)(F)F)C[C@H](c2ccc4c(c2)OCO4)N3)c1. The van der Waals surface area contributed by atoms with Crippen LogP contribution in [0.25, 0.3) is 0 Å². The number of aryl methyl sites for hydroxylation is 2. The second kappa shape index (κ2) is 7.72. The zero-order valence-electron chi connectivity index (χ0n) is 17.9. The number of carbonyl (C=O) groups is 1. The van der Waals surface area contributed by atoms with E-state index >= 15 is 0 Å². The lowest BCUT2D eigenvalue weighted by molar-refractivity contribution is -0.173. The van der Waals surface area contributed by atoms with Gasteiger partial charge < -0.3 is 20.1 Å². The molecule has 0 fully saturated rings. The zero-order chi connectivity index (χ0) is 23.3. The van der Waals surface area contributed by atoms with E-state index < -0.39 is 24.2 Å². The van der Waals surface area contributed by atoms with Gasteiger partial charge in [0.25, 0.3) is 5.91 Å². The highest BCUT2D eigenvalue weighted by atomic mass is 19.4. The Kier molecular flexibility index (Phi) is 4.95. The summed E-state index contributed by atoms with van der Waals surface area (Å²) < 4.78 is 53.3. The third-order valence-corrected chi connectivity index (χ3v) is 5.86. The first-order chi connectivity index (χ1) is 15.7. The minimum atomic E-state index is -4.54. The van der Waals surface area contributed by atoms with Crippen LogP contribution in [-0.4, -0.2) is 28.7 Å². The van der Waals surface area contributed by atoms with Crippen LogP contribution >= 0.6 is 0 Å². The standard InChI is InChI=1S/C23H21F3N4O3/c1-12-3-4-13(2)15(7-12)28-22(31)17-10-21-27-16(9-20(23(24,25)26)30(21)29-17)14-5-6-18-19(8-14)33-11-32-18/h3-8,10,16,20,27H,9,11H2,1-2H3,(H,28,31)/t16-,20+/m1/s1. The Labute approximate surface area is 187 Å². The summed E-state index contributed by atoms with van der Waals surface area (Å²) >= 11 is 0. The van der Waals surface area contributed by atoms with Gasteiger partial charge in [0.15, 0.2) is 23.2 Å². The Bertz CT molecular complexity index is 1240. The van der Waals surface area contributed by atoms with Crippen LogP contribution in [0.4, 0.5) is 24.7 Å². The molecule has 1 aromatic heterocycles. The maximum absolute atomic E-state index is 13.9. The number of aromatic nitrogens is 2. The molecule has 3 heterocycles. The van der Waals surface area contributed by atoms with E-state index in [1.165, 1.54) is 6.07 Å². The van der Waals surface area contributed by atoms with Crippen LogP contribution in [0.5, 0.6) is 11.5 Å². The average molecular weight is 458 g/mol. The van der Waals surface area contributed by atoms with E-state index in [0.29, 0.717) is 22.7 Å². The Morgan fingerprint density at radius 3 is 2.70 bits per heavy atom. The first kappa shape index (κ1) is 21.2. The number of carbonyl (C=O) groups excluding carboxylic acids is 1. The van der Waals surface area contributed by atoms with Gasteiger partial charge in [-0.05, 0) is 48.7 Å². The molecule has 2 aliphatic rings. The van der Waals surface area contributed by atoms with Crippen LogP contribution in [0.15, 0.2) is 42.5 Å². The molecule has 0 spiro atoms. The van der Waals surface area contributed by atoms with Crippen LogP contribution in [0.1, 0.15) is 45.7 Å². The number of anilines is 2. The molecule has 0 unspecified atom stereocenters. The van der Waals surface area contributed by atoms with Crippen molar-refractivity contribution in [1.82, 2.24) is 9.78 Å². The molecule has 5 rings (SSSR count). The van der Waals surface area contributed by atoms with E-state index in [9.17, 15) is 18.0 Å². The number of benzene rings is 2. The van der Waals surface area contributed by atoms with Crippen molar-refractivity contribution in [1.29, 1.82) is 0 Å². The van der Waals surface area contributed by atoms with Gasteiger partial charge in [-0.1, -0.05) is 18.2 Å². The molecule has 0 radical (unpaired) electrons. The van der Waals surface area contributed by atoms with E-state index in [-0.39, 0.29) is 24.7 Å². The smallest absolute Gasteiger partial charge is 0.410 e. The molecule has 172 valence electrons. The number of alkyl halides is 3. The normalized spacial score (nSPS) is 19.1. The molecule has 2 aromatic carbocycles. The minimum Gasteiger partial charge on any atom is -0.454 e. The number of fused-ring (bicyclic) bond motifs is 2. The predicted molar refractivity (Wildman–Crippen MR) is 115 cm³/mol. The largest absolute Gasteiger partial charge is 0.454 e. The lowest BCUT2D eigenvalue weighted by atomic mass is 9.96. The number of rotatable bonds is 3. The Balaban J connectivity index is 1.45. The molecule has 2 atom stereocenters. The molecule has 2 aliphatic heterocycles. The Morgan fingerprint density at radius 1 is 1.12 bits per heavy atom. The van der Waals surface area contributed by atoms with E-state index in [1.807, 2.05) is 26.0 Å². The molecule has 0 aliphatic carbocycles. The van der Waals surface area contributed by atoms with Gasteiger partial charge in [-0.25, -0.2) is 4.68 Å². The fourth-order valence-electron chi connectivity index (χ4n) is 4.09. The predicted octanol–water partition coefficient (Wildman–Crippen LogP) is 5.14. The third kappa shape index (κ3) is 3.96. The summed E-state index contributed by atoms with van der Waals surface area (Å²) in [7, 11) is 0. The molecule has 1 amide bonds. The molecule has 2 N–H and O–H groups in total. The van der Waals surface area contributed by atoms with Crippen molar-refractivity contribution < 1.29 is 27.4 Å². The fraction of sp³-hybridized carbons (Fsp3) is 0.304. The van der Waals surface area contributed by atoms with Crippen LogP contribution < -0.4 is 20.1 Å². The van der Waals surface area contributed by atoms with E-state index in [0.717, 1.165) is 15.8 Å². The fourth-order valence-corrected chi connectivity index (χ4v) is 4.09. The van der Waals surface area contributed by atoms with Gasteiger partial charge in [-0.2, -0.15) is 18.3 Å². The zero-order valence-corrected chi connectivity index (χ0v) is 17.9. The van der Waals surface area contributed by atoms with E-state index in [1.54, 1.807) is 24.3 Å². The van der Waals surface area contributed by atoms with Crippen molar-refractivity contribution in [3.8, 4) is 11.5 Å². The van der Waals surface area contributed by atoms with Gasteiger partial charge in [0, 0.05) is 18.2 Å². The number of ether oxygens (including phenoxy) is 2. The second-order valence-corrected chi connectivity index (χ2v) is 8.23. The van der Waals surface area contributed by atoms with Gasteiger partial charge in [-0.15, -0.1) is 0 Å². The van der Waals surface area contributed by atoms with E-state index in [4.69, 9.17) is 9.47 Å². The highest BCUT2D eigenvalue weighted by molar-refractivity contribution is 6.03. The summed E-state index contributed by atoms with van der Waals surface area (Å²) in [5.74, 6) is 0.591. The molecular weight excluding hydrogens is 437 g/mol. The summed E-state index contributed by atoms with van der Waals surface area (Å²) in [5, 5.41) is 9.85.